The summed E-state index contributed by atoms with van der Waals surface area (Å²) in [4.78, 5) is 23.3. The minimum Gasteiger partial charge on any atom is -0.481 e. The number of carbonyl (C=O) groups is 2. The second-order valence-electron chi connectivity index (χ2n) is 6.89. The van der Waals surface area contributed by atoms with E-state index in [2.05, 4.69) is 0 Å². The quantitative estimate of drug-likeness (QED) is 0.644. The molecule has 0 radical (unpaired) electrons. The number of aliphatic carboxylic acids is 2. The Kier molecular flexibility index (Phi) is 5.59. The van der Waals surface area contributed by atoms with Gasteiger partial charge in [0, 0.05) is 0 Å². The average Bonchev–Trinajstić information content (AvgIpc) is 2.64. The summed E-state index contributed by atoms with van der Waals surface area (Å²) in [5, 5.41) is 19.1. The van der Waals surface area contributed by atoms with Gasteiger partial charge >= 0.3 is 11.9 Å². The molecule has 0 aliphatic carbocycles. The van der Waals surface area contributed by atoms with Crippen LogP contribution in [0.5, 0.6) is 0 Å². The minimum atomic E-state index is -0.983. The Hall–Kier alpha value is -3.40. The smallest absolute Gasteiger partial charge is 0.307 e. The summed E-state index contributed by atoms with van der Waals surface area (Å²) < 4.78 is 0. The molecule has 2 N–H and O–H groups in total. The van der Waals surface area contributed by atoms with Gasteiger partial charge < -0.3 is 10.2 Å². The van der Waals surface area contributed by atoms with Gasteiger partial charge in [-0.25, -0.2) is 0 Å². The number of carboxylic acid groups (broad SMARTS) is 2. The van der Waals surface area contributed by atoms with Gasteiger partial charge in [0.15, 0.2) is 0 Å². The lowest BCUT2D eigenvalue weighted by Gasteiger charge is -2.19. The molecule has 142 valence electrons. The van der Waals surface area contributed by atoms with Crippen LogP contribution < -0.4 is 0 Å². The first-order valence-electron chi connectivity index (χ1n) is 9.09. The Balaban J connectivity index is 2.35. The van der Waals surface area contributed by atoms with Crippen molar-refractivity contribution >= 4 is 11.9 Å². The molecule has 4 nitrogen and oxygen atoms in total. The Morgan fingerprint density at radius 1 is 0.607 bits per heavy atom. The van der Waals surface area contributed by atoms with Gasteiger partial charge in [0.25, 0.3) is 0 Å². The van der Waals surface area contributed by atoms with Gasteiger partial charge in [-0.15, -0.1) is 0 Å². The fourth-order valence-electron chi connectivity index (χ4n) is 3.65. The van der Waals surface area contributed by atoms with Gasteiger partial charge in [-0.3, -0.25) is 9.59 Å². The first-order valence-corrected chi connectivity index (χ1v) is 9.09. The van der Waals surface area contributed by atoms with E-state index in [1.807, 2.05) is 74.5 Å². The third-order valence-corrected chi connectivity index (χ3v) is 4.96. The first kappa shape index (κ1) is 19.4. The molecule has 0 spiro atoms. The topological polar surface area (TPSA) is 74.6 Å². The van der Waals surface area contributed by atoms with Crippen molar-refractivity contribution in [3.05, 3.63) is 82.9 Å². The van der Waals surface area contributed by atoms with E-state index in [1.165, 1.54) is 0 Å². The van der Waals surface area contributed by atoms with Crippen LogP contribution in [0.3, 0.4) is 0 Å². The van der Waals surface area contributed by atoms with Crippen molar-refractivity contribution in [1.82, 2.24) is 0 Å². The van der Waals surface area contributed by atoms with Crippen molar-refractivity contribution in [3.8, 4) is 22.3 Å². The van der Waals surface area contributed by atoms with Crippen LogP contribution in [0, 0.1) is 13.8 Å². The van der Waals surface area contributed by atoms with Crippen molar-refractivity contribution in [2.45, 2.75) is 26.7 Å². The van der Waals surface area contributed by atoms with Crippen molar-refractivity contribution in [2.24, 2.45) is 0 Å². The Bertz CT molecular complexity index is 966. The lowest BCUT2D eigenvalue weighted by molar-refractivity contribution is -0.137. The molecule has 0 heterocycles. The monoisotopic (exact) mass is 374 g/mol. The summed E-state index contributed by atoms with van der Waals surface area (Å²) in [6.45, 7) is 3.93. The van der Waals surface area contributed by atoms with Crippen LogP contribution in [-0.4, -0.2) is 22.2 Å². The maximum Gasteiger partial charge on any atom is 0.307 e. The van der Waals surface area contributed by atoms with Gasteiger partial charge in [-0.2, -0.15) is 0 Å². The van der Waals surface area contributed by atoms with E-state index >= 15 is 0 Å². The molecular formula is C24H22O4. The van der Waals surface area contributed by atoms with Crippen LogP contribution in [0.1, 0.15) is 22.3 Å². The molecule has 0 aromatic heterocycles. The van der Waals surface area contributed by atoms with E-state index in [0.717, 1.165) is 33.4 Å². The zero-order valence-electron chi connectivity index (χ0n) is 15.9. The highest BCUT2D eigenvalue weighted by Gasteiger charge is 2.21. The highest BCUT2D eigenvalue weighted by atomic mass is 16.4. The van der Waals surface area contributed by atoms with Crippen LogP contribution in [0.25, 0.3) is 22.3 Å². The third-order valence-electron chi connectivity index (χ3n) is 4.96. The standard InChI is InChI=1S/C24H22O4/c1-15-7-3-5-9-17(15)19-11-12-20(18-10-6-4-8-16(18)2)22(14-24(27)28)21(19)13-23(25)26/h3-12H,13-14H2,1-2H3,(H,25,26)(H,27,28). The van der Waals surface area contributed by atoms with E-state index in [9.17, 15) is 19.8 Å². The summed E-state index contributed by atoms with van der Waals surface area (Å²) >= 11 is 0. The lowest BCUT2D eigenvalue weighted by Crippen LogP contribution is -2.11. The summed E-state index contributed by atoms with van der Waals surface area (Å²) in [5.74, 6) is -1.97. The van der Waals surface area contributed by atoms with E-state index < -0.39 is 11.9 Å². The molecule has 0 saturated heterocycles. The van der Waals surface area contributed by atoms with Crippen LogP contribution in [-0.2, 0) is 22.4 Å². The minimum absolute atomic E-state index is 0.230. The summed E-state index contributed by atoms with van der Waals surface area (Å²) in [6.07, 6.45) is -0.460. The number of benzene rings is 3. The number of aryl methyl sites for hydroxylation is 2. The molecule has 0 bridgehead atoms. The van der Waals surface area contributed by atoms with Gasteiger partial charge in [-0.05, 0) is 58.4 Å². The largest absolute Gasteiger partial charge is 0.481 e. The molecule has 0 aliphatic heterocycles. The molecule has 0 aliphatic rings. The van der Waals surface area contributed by atoms with Gasteiger partial charge in [0.1, 0.15) is 0 Å². The van der Waals surface area contributed by atoms with Crippen LogP contribution in [0.2, 0.25) is 0 Å². The van der Waals surface area contributed by atoms with Crippen LogP contribution in [0.15, 0.2) is 60.7 Å². The number of hydrogen-bond donors (Lipinski definition) is 2. The Labute approximate surface area is 164 Å². The molecule has 3 rings (SSSR count). The van der Waals surface area contributed by atoms with E-state index in [-0.39, 0.29) is 12.8 Å². The molecule has 0 amide bonds. The lowest BCUT2D eigenvalue weighted by atomic mass is 9.84. The van der Waals surface area contributed by atoms with Crippen LogP contribution in [0.4, 0.5) is 0 Å². The average molecular weight is 374 g/mol. The van der Waals surface area contributed by atoms with Crippen molar-refractivity contribution in [1.29, 1.82) is 0 Å². The number of hydrogen-bond acceptors (Lipinski definition) is 2. The highest BCUT2D eigenvalue weighted by molar-refractivity contribution is 5.87. The summed E-state index contributed by atoms with van der Waals surface area (Å²) in [6, 6.07) is 19.3. The normalized spacial score (nSPS) is 10.6. The van der Waals surface area contributed by atoms with Gasteiger partial charge in [-0.1, -0.05) is 60.7 Å². The maximum atomic E-state index is 11.6. The number of carboxylic acids is 2. The van der Waals surface area contributed by atoms with Crippen molar-refractivity contribution < 1.29 is 19.8 Å². The zero-order valence-corrected chi connectivity index (χ0v) is 15.9. The predicted octanol–water partition coefficient (Wildman–Crippen LogP) is 4.89. The van der Waals surface area contributed by atoms with E-state index in [0.29, 0.717) is 11.1 Å². The molecule has 3 aromatic carbocycles. The molecule has 3 aromatic rings. The Morgan fingerprint density at radius 2 is 0.964 bits per heavy atom. The molecule has 0 fully saturated rings. The second kappa shape index (κ2) is 8.09. The zero-order chi connectivity index (χ0) is 20.3. The van der Waals surface area contributed by atoms with Gasteiger partial charge in [0.2, 0.25) is 0 Å². The van der Waals surface area contributed by atoms with Crippen molar-refractivity contribution in [2.75, 3.05) is 0 Å². The molecular weight excluding hydrogens is 352 g/mol. The Morgan fingerprint density at radius 3 is 1.29 bits per heavy atom. The fourth-order valence-corrected chi connectivity index (χ4v) is 3.65. The predicted molar refractivity (Wildman–Crippen MR) is 109 cm³/mol. The van der Waals surface area contributed by atoms with E-state index in [4.69, 9.17) is 0 Å². The SMILES string of the molecule is Cc1ccccc1-c1ccc(-c2ccccc2C)c(CC(=O)O)c1CC(=O)O. The van der Waals surface area contributed by atoms with E-state index in [1.54, 1.807) is 0 Å². The van der Waals surface area contributed by atoms with Crippen molar-refractivity contribution in [3.63, 3.8) is 0 Å². The highest BCUT2D eigenvalue weighted by Crippen LogP contribution is 2.36. The van der Waals surface area contributed by atoms with Gasteiger partial charge in [0.05, 0.1) is 12.8 Å². The first-order chi connectivity index (χ1) is 13.4. The fraction of sp³-hybridized carbons (Fsp3) is 0.167. The molecule has 0 atom stereocenters. The van der Waals surface area contributed by atoms with Crippen LogP contribution >= 0.6 is 0 Å². The molecule has 0 saturated carbocycles. The number of rotatable bonds is 6. The summed E-state index contributed by atoms with van der Waals surface area (Å²) in [5.41, 5.74) is 6.53. The third kappa shape index (κ3) is 3.96. The summed E-state index contributed by atoms with van der Waals surface area (Å²) in [7, 11) is 0. The maximum absolute atomic E-state index is 11.6. The molecule has 28 heavy (non-hydrogen) atoms. The second-order valence-corrected chi connectivity index (χ2v) is 6.89. The molecule has 0 unspecified atom stereocenters. The molecule has 4 heteroatoms.